The monoisotopic (exact) mass is 278 g/mol. The Bertz CT molecular complexity index is 735. The summed E-state index contributed by atoms with van der Waals surface area (Å²) in [6, 6.07) is 21.9. The van der Waals surface area contributed by atoms with Crippen molar-refractivity contribution in [2.75, 3.05) is 7.11 Å². The van der Waals surface area contributed by atoms with E-state index in [1.54, 1.807) is 7.11 Å². The first-order chi connectivity index (χ1) is 10.3. The largest absolute Gasteiger partial charge is 0.496 e. The highest BCUT2D eigenvalue weighted by Crippen LogP contribution is 2.32. The van der Waals surface area contributed by atoms with Gasteiger partial charge in [-0.1, -0.05) is 60.7 Å². The lowest BCUT2D eigenvalue weighted by molar-refractivity contribution is 0.180. The van der Waals surface area contributed by atoms with Crippen LogP contribution in [0.3, 0.4) is 0 Å². The molecule has 2 heteroatoms. The van der Waals surface area contributed by atoms with Gasteiger partial charge in [0.2, 0.25) is 0 Å². The summed E-state index contributed by atoms with van der Waals surface area (Å²) in [5, 5.41) is 12.7. The number of benzene rings is 3. The van der Waals surface area contributed by atoms with Crippen molar-refractivity contribution in [3.8, 4) is 5.75 Å². The summed E-state index contributed by atoms with van der Waals surface area (Å²) in [5.74, 6) is 0.835. The van der Waals surface area contributed by atoms with E-state index in [2.05, 4.69) is 0 Å². The molecule has 1 N–H and O–H groups in total. The Labute approximate surface area is 124 Å². The molecule has 0 radical (unpaired) electrons. The smallest absolute Gasteiger partial charge is 0.126 e. The van der Waals surface area contributed by atoms with Crippen LogP contribution in [-0.2, 0) is 6.42 Å². The third-order valence-corrected chi connectivity index (χ3v) is 3.77. The molecule has 0 heterocycles. The van der Waals surface area contributed by atoms with E-state index >= 15 is 0 Å². The van der Waals surface area contributed by atoms with E-state index in [1.165, 1.54) is 0 Å². The number of aliphatic hydroxyl groups is 1. The lowest BCUT2D eigenvalue weighted by Crippen LogP contribution is -2.03. The molecule has 3 aromatic carbocycles. The van der Waals surface area contributed by atoms with E-state index in [0.29, 0.717) is 6.42 Å². The van der Waals surface area contributed by atoms with E-state index in [-0.39, 0.29) is 0 Å². The van der Waals surface area contributed by atoms with Gasteiger partial charge in [-0.05, 0) is 22.6 Å². The van der Waals surface area contributed by atoms with E-state index in [1.807, 2.05) is 66.7 Å². The molecule has 1 atom stereocenters. The van der Waals surface area contributed by atoms with Gasteiger partial charge in [0, 0.05) is 11.8 Å². The quantitative estimate of drug-likeness (QED) is 0.777. The Morgan fingerprint density at radius 1 is 0.857 bits per heavy atom. The number of hydrogen-bond donors (Lipinski definition) is 1. The summed E-state index contributed by atoms with van der Waals surface area (Å²) in [6.07, 6.45) is 0.0835. The number of methoxy groups -OCH3 is 1. The number of ether oxygens (including phenoxy) is 1. The summed E-state index contributed by atoms with van der Waals surface area (Å²) >= 11 is 0. The third kappa shape index (κ3) is 2.76. The first kappa shape index (κ1) is 13.7. The number of fused-ring (bicyclic) bond motifs is 1. The summed E-state index contributed by atoms with van der Waals surface area (Å²) in [5.41, 5.74) is 2.07. The number of hydrogen-bond acceptors (Lipinski definition) is 2. The van der Waals surface area contributed by atoms with Crippen LogP contribution in [0.15, 0.2) is 66.7 Å². The van der Waals surface area contributed by atoms with E-state index in [4.69, 9.17) is 4.74 Å². The van der Waals surface area contributed by atoms with Gasteiger partial charge in [0.25, 0.3) is 0 Å². The predicted molar refractivity (Wildman–Crippen MR) is 85.6 cm³/mol. The van der Waals surface area contributed by atoms with E-state index in [9.17, 15) is 5.11 Å². The zero-order chi connectivity index (χ0) is 14.7. The van der Waals surface area contributed by atoms with Crippen LogP contribution in [0.4, 0.5) is 0 Å². The first-order valence-electron chi connectivity index (χ1n) is 7.07. The number of aliphatic hydroxyl groups excluding tert-OH is 1. The second-order valence-corrected chi connectivity index (χ2v) is 5.11. The highest BCUT2D eigenvalue weighted by molar-refractivity contribution is 5.91. The Hall–Kier alpha value is -2.32. The van der Waals surface area contributed by atoms with Crippen molar-refractivity contribution < 1.29 is 9.84 Å². The maximum absolute atomic E-state index is 10.6. The summed E-state index contributed by atoms with van der Waals surface area (Å²) in [7, 11) is 1.67. The molecule has 0 aliphatic heterocycles. The van der Waals surface area contributed by atoms with Crippen LogP contribution in [0.5, 0.6) is 5.75 Å². The first-order valence-corrected chi connectivity index (χ1v) is 7.07. The van der Waals surface area contributed by atoms with E-state index < -0.39 is 6.10 Å². The van der Waals surface area contributed by atoms with Crippen LogP contribution in [0.2, 0.25) is 0 Å². The Balaban J connectivity index is 2.00. The molecule has 2 nitrogen and oxygen atoms in total. The molecular formula is C19H18O2. The molecule has 0 saturated carbocycles. The lowest BCUT2D eigenvalue weighted by atomic mass is 9.95. The molecule has 3 rings (SSSR count). The summed E-state index contributed by atoms with van der Waals surface area (Å²) in [4.78, 5) is 0. The van der Waals surface area contributed by atoms with Gasteiger partial charge in [-0.25, -0.2) is 0 Å². The van der Waals surface area contributed by atoms with Gasteiger partial charge in [-0.2, -0.15) is 0 Å². The molecule has 0 fully saturated rings. The van der Waals surface area contributed by atoms with Crippen LogP contribution in [-0.4, -0.2) is 12.2 Å². The summed E-state index contributed by atoms with van der Waals surface area (Å²) < 4.78 is 5.40. The second kappa shape index (κ2) is 5.98. The van der Waals surface area contributed by atoms with Gasteiger partial charge in [-0.3, -0.25) is 0 Å². The molecule has 0 aliphatic carbocycles. The molecule has 106 valence electrons. The predicted octanol–water partition coefficient (Wildman–Crippen LogP) is 4.12. The summed E-state index contributed by atoms with van der Waals surface area (Å²) in [6.45, 7) is 0. The van der Waals surface area contributed by atoms with Gasteiger partial charge in [0.1, 0.15) is 5.75 Å². The van der Waals surface area contributed by atoms with Crippen molar-refractivity contribution in [2.24, 2.45) is 0 Å². The molecule has 0 bridgehead atoms. The highest BCUT2D eigenvalue weighted by Gasteiger charge is 2.14. The maximum atomic E-state index is 10.6. The van der Waals surface area contributed by atoms with Crippen LogP contribution in [0.25, 0.3) is 10.8 Å². The lowest BCUT2D eigenvalue weighted by Gasteiger charge is -2.15. The van der Waals surface area contributed by atoms with Crippen molar-refractivity contribution in [1.29, 1.82) is 0 Å². The highest BCUT2D eigenvalue weighted by atomic mass is 16.5. The molecule has 0 saturated heterocycles. The third-order valence-electron chi connectivity index (χ3n) is 3.77. The van der Waals surface area contributed by atoms with Crippen LogP contribution >= 0.6 is 0 Å². The van der Waals surface area contributed by atoms with Crippen molar-refractivity contribution in [2.45, 2.75) is 12.5 Å². The second-order valence-electron chi connectivity index (χ2n) is 5.11. The molecule has 3 aromatic rings. The van der Waals surface area contributed by atoms with Gasteiger partial charge in [0.05, 0.1) is 13.2 Å². The topological polar surface area (TPSA) is 29.5 Å². The van der Waals surface area contributed by atoms with Gasteiger partial charge >= 0.3 is 0 Å². The fourth-order valence-corrected chi connectivity index (χ4v) is 2.71. The normalized spacial score (nSPS) is 12.3. The minimum Gasteiger partial charge on any atom is -0.496 e. The molecule has 0 spiro atoms. The van der Waals surface area contributed by atoms with Gasteiger partial charge in [-0.15, -0.1) is 0 Å². The van der Waals surface area contributed by atoms with Crippen molar-refractivity contribution in [3.05, 3.63) is 77.9 Å². The molecule has 0 aliphatic rings. The molecular weight excluding hydrogens is 260 g/mol. The Kier molecular flexibility index (Phi) is 3.89. The molecule has 1 unspecified atom stereocenters. The van der Waals surface area contributed by atoms with Crippen LogP contribution < -0.4 is 4.74 Å². The van der Waals surface area contributed by atoms with Crippen molar-refractivity contribution >= 4 is 10.8 Å². The number of rotatable bonds is 4. The minimum atomic E-state index is -0.525. The van der Waals surface area contributed by atoms with E-state index in [0.717, 1.165) is 27.6 Å². The standard InChI is InChI=1S/C19H18O2/c1-21-19-12-11-16(15-9-5-6-10-17(15)19)18(20)13-14-7-3-2-4-8-14/h2-12,18,20H,13H2,1H3. The molecule has 0 amide bonds. The minimum absolute atomic E-state index is 0.525. The Morgan fingerprint density at radius 2 is 1.52 bits per heavy atom. The van der Waals surface area contributed by atoms with Crippen LogP contribution in [0, 0.1) is 0 Å². The Morgan fingerprint density at radius 3 is 2.24 bits per heavy atom. The van der Waals surface area contributed by atoms with Gasteiger partial charge in [0.15, 0.2) is 0 Å². The van der Waals surface area contributed by atoms with Gasteiger partial charge < -0.3 is 9.84 Å². The van der Waals surface area contributed by atoms with Crippen molar-refractivity contribution in [3.63, 3.8) is 0 Å². The van der Waals surface area contributed by atoms with Crippen LogP contribution in [0.1, 0.15) is 17.2 Å². The molecule has 0 aromatic heterocycles. The average molecular weight is 278 g/mol. The average Bonchev–Trinajstić information content (AvgIpc) is 2.54. The zero-order valence-corrected chi connectivity index (χ0v) is 12.0. The maximum Gasteiger partial charge on any atom is 0.126 e. The SMILES string of the molecule is COc1ccc(C(O)Cc2ccccc2)c2ccccc12. The fraction of sp³-hybridized carbons (Fsp3) is 0.158. The van der Waals surface area contributed by atoms with Crippen molar-refractivity contribution in [1.82, 2.24) is 0 Å². The zero-order valence-electron chi connectivity index (χ0n) is 12.0. The molecule has 21 heavy (non-hydrogen) atoms. The fourth-order valence-electron chi connectivity index (χ4n) is 2.71.